The normalized spacial score (nSPS) is 11.5. The van der Waals surface area contributed by atoms with Crippen molar-refractivity contribution >= 4 is 16.7 Å². The minimum absolute atomic E-state index is 0.0492. The standard InChI is InChI=1S/C24H23F2NO2/c1-15(2)24(25,26)19-9-11-20(12-10-19)29-22-7-5-6-17-14-18(8-13-21(17)22)23(28)27-16(3)4/h5-14,16H,1H2,2-4H3,(H,27,28). The van der Waals surface area contributed by atoms with E-state index in [4.69, 9.17) is 4.74 Å². The molecule has 0 aliphatic rings. The maximum Gasteiger partial charge on any atom is 0.294 e. The maximum atomic E-state index is 14.1. The number of allylic oxidation sites excluding steroid dienone is 1. The summed E-state index contributed by atoms with van der Waals surface area (Å²) in [6.07, 6.45) is 0. The molecule has 3 rings (SSSR count). The van der Waals surface area contributed by atoms with E-state index in [0.717, 1.165) is 10.8 Å². The largest absolute Gasteiger partial charge is 0.457 e. The summed E-state index contributed by atoms with van der Waals surface area (Å²) in [6.45, 7) is 8.47. The second-order valence-corrected chi connectivity index (χ2v) is 7.30. The Labute approximate surface area is 169 Å². The van der Waals surface area contributed by atoms with Crippen molar-refractivity contribution in [3.05, 3.63) is 83.9 Å². The molecule has 0 spiro atoms. The van der Waals surface area contributed by atoms with Gasteiger partial charge in [-0.1, -0.05) is 18.7 Å². The Morgan fingerprint density at radius 1 is 1.07 bits per heavy atom. The highest BCUT2D eigenvalue weighted by molar-refractivity contribution is 6.00. The average molecular weight is 395 g/mol. The number of rotatable bonds is 6. The highest BCUT2D eigenvalue weighted by Crippen LogP contribution is 2.36. The molecule has 0 atom stereocenters. The fourth-order valence-electron chi connectivity index (χ4n) is 2.94. The van der Waals surface area contributed by atoms with Crippen LogP contribution >= 0.6 is 0 Å². The minimum atomic E-state index is -3.08. The lowest BCUT2D eigenvalue weighted by Crippen LogP contribution is -2.29. The van der Waals surface area contributed by atoms with Crippen LogP contribution in [0.3, 0.4) is 0 Å². The number of halogens is 2. The summed E-state index contributed by atoms with van der Waals surface area (Å²) in [5.74, 6) is -2.19. The molecule has 1 N–H and O–H groups in total. The molecule has 0 radical (unpaired) electrons. The fourth-order valence-corrected chi connectivity index (χ4v) is 2.94. The molecule has 0 saturated carbocycles. The Bertz CT molecular complexity index is 1060. The van der Waals surface area contributed by atoms with Crippen LogP contribution in [-0.2, 0) is 5.92 Å². The molecule has 0 fully saturated rings. The zero-order chi connectivity index (χ0) is 21.2. The molecular formula is C24H23F2NO2. The van der Waals surface area contributed by atoms with E-state index in [0.29, 0.717) is 17.1 Å². The van der Waals surface area contributed by atoms with Gasteiger partial charge in [0, 0.05) is 22.6 Å². The first kappa shape index (κ1) is 20.5. The van der Waals surface area contributed by atoms with Crippen LogP contribution in [0.5, 0.6) is 11.5 Å². The molecule has 3 nitrogen and oxygen atoms in total. The zero-order valence-corrected chi connectivity index (χ0v) is 16.6. The predicted octanol–water partition coefficient (Wildman–Crippen LogP) is 6.44. The van der Waals surface area contributed by atoms with Gasteiger partial charge in [-0.15, -0.1) is 0 Å². The summed E-state index contributed by atoms with van der Waals surface area (Å²) in [5, 5.41) is 4.54. The number of carbonyl (C=O) groups excluding carboxylic acids is 1. The van der Waals surface area contributed by atoms with Gasteiger partial charge in [0.05, 0.1) is 0 Å². The van der Waals surface area contributed by atoms with E-state index in [2.05, 4.69) is 11.9 Å². The molecule has 0 aliphatic heterocycles. The molecule has 3 aromatic rings. The van der Waals surface area contributed by atoms with E-state index in [9.17, 15) is 13.6 Å². The van der Waals surface area contributed by atoms with Gasteiger partial charge in [0.15, 0.2) is 0 Å². The Balaban J connectivity index is 1.87. The molecule has 0 bridgehead atoms. The van der Waals surface area contributed by atoms with Crippen molar-refractivity contribution in [2.24, 2.45) is 0 Å². The Kier molecular flexibility index (Phi) is 5.69. The number of alkyl halides is 2. The van der Waals surface area contributed by atoms with Crippen LogP contribution in [0.4, 0.5) is 8.78 Å². The average Bonchev–Trinajstić information content (AvgIpc) is 2.67. The first-order valence-corrected chi connectivity index (χ1v) is 9.34. The Hall–Kier alpha value is -3.21. The van der Waals surface area contributed by atoms with E-state index in [1.807, 2.05) is 32.0 Å². The van der Waals surface area contributed by atoms with E-state index in [1.54, 1.807) is 18.2 Å². The highest BCUT2D eigenvalue weighted by Gasteiger charge is 2.32. The molecular weight excluding hydrogens is 372 g/mol. The van der Waals surface area contributed by atoms with Gasteiger partial charge in [0.25, 0.3) is 11.8 Å². The quantitative estimate of drug-likeness (QED) is 0.488. The Morgan fingerprint density at radius 3 is 2.38 bits per heavy atom. The topological polar surface area (TPSA) is 38.3 Å². The van der Waals surface area contributed by atoms with Crippen LogP contribution in [0, 0.1) is 0 Å². The number of carbonyl (C=O) groups is 1. The molecule has 5 heteroatoms. The molecule has 29 heavy (non-hydrogen) atoms. The van der Waals surface area contributed by atoms with Crippen LogP contribution in [-0.4, -0.2) is 11.9 Å². The second kappa shape index (κ2) is 8.03. The number of ether oxygens (including phenoxy) is 1. The molecule has 0 aliphatic carbocycles. The molecule has 1 amide bonds. The molecule has 3 aromatic carbocycles. The highest BCUT2D eigenvalue weighted by atomic mass is 19.3. The van der Waals surface area contributed by atoms with Crippen LogP contribution in [0.1, 0.15) is 36.7 Å². The van der Waals surface area contributed by atoms with Gasteiger partial charge in [-0.05, 0) is 80.3 Å². The van der Waals surface area contributed by atoms with Crippen molar-refractivity contribution in [3.8, 4) is 11.5 Å². The summed E-state index contributed by atoms with van der Waals surface area (Å²) in [5.41, 5.74) is 0.225. The molecule has 0 aromatic heterocycles. The summed E-state index contributed by atoms with van der Waals surface area (Å²) in [6, 6.07) is 16.6. The van der Waals surface area contributed by atoms with Crippen LogP contribution in [0.15, 0.2) is 72.8 Å². The molecule has 150 valence electrons. The number of amides is 1. The number of fused-ring (bicyclic) bond motifs is 1. The smallest absolute Gasteiger partial charge is 0.294 e. The minimum Gasteiger partial charge on any atom is -0.457 e. The van der Waals surface area contributed by atoms with Crippen molar-refractivity contribution in [3.63, 3.8) is 0 Å². The summed E-state index contributed by atoms with van der Waals surface area (Å²) in [7, 11) is 0. The van der Waals surface area contributed by atoms with Gasteiger partial charge in [-0.3, -0.25) is 4.79 Å². The zero-order valence-electron chi connectivity index (χ0n) is 16.6. The second-order valence-electron chi connectivity index (χ2n) is 7.30. The number of benzene rings is 3. The van der Waals surface area contributed by atoms with Gasteiger partial charge in [0.2, 0.25) is 0 Å². The number of hydrogen-bond donors (Lipinski definition) is 1. The van der Waals surface area contributed by atoms with E-state index in [1.165, 1.54) is 31.2 Å². The number of hydrogen-bond acceptors (Lipinski definition) is 2. The van der Waals surface area contributed by atoms with Gasteiger partial charge in [-0.2, -0.15) is 8.78 Å². The van der Waals surface area contributed by atoms with Gasteiger partial charge < -0.3 is 10.1 Å². The van der Waals surface area contributed by atoms with Crippen LogP contribution < -0.4 is 10.1 Å². The first-order chi connectivity index (χ1) is 13.7. The van der Waals surface area contributed by atoms with E-state index >= 15 is 0 Å². The van der Waals surface area contributed by atoms with Crippen LogP contribution in [0.25, 0.3) is 10.8 Å². The van der Waals surface area contributed by atoms with Gasteiger partial charge >= 0.3 is 0 Å². The molecule has 0 unspecified atom stereocenters. The molecule has 0 saturated heterocycles. The van der Waals surface area contributed by atoms with E-state index in [-0.39, 0.29) is 23.1 Å². The summed E-state index contributed by atoms with van der Waals surface area (Å²) < 4.78 is 34.0. The maximum absolute atomic E-state index is 14.1. The van der Waals surface area contributed by atoms with Crippen molar-refractivity contribution in [2.75, 3.05) is 0 Å². The summed E-state index contributed by atoms with van der Waals surface area (Å²) >= 11 is 0. The molecule has 0 heterocycles. The summed E-state index contributed by atoms with van der Waals surface area (Å²) in [4.78, 5) is 12.2. The van der Waals surface area contributed by atoms with Crippen molar-refractivity contribution in [2.45, 2.75) is 32.7 Å². The fraction of sp³-hybridized carbons (Fsp3) is 0.208. The lowest BCUT2D eigenvalue weighted by atomic mass is 10.0. The monoisotopic (exact) mass is 395 g/mol. The van der Waals surface area contributed by atoms with Crippen molar-refractivity contribution < 1.29 is 18.3 Å². The van der Waals surface area contributed by atoms with E-state index < -0.39 is 5.92 Å². The SMILES string of the molecule is C=C(C)C(F)(F)c1ccc(Oc2cccc3cc(C(=O)NC(C)C)ccc23)cc1. The van der Waals surface area contributed by atoms with Gasteiger partial charge in [-0.25, -0.2) is 0 Å². The van der Waals surface area contributed by atoms with Gasteiger partial charge in [0.1, 0.15) is 11.5 Å². The van der Waals surface area contributed by atoms with Crippen molar-refractivity contribution in [1.82, 2.24) is 5.32 Å². The lowest BCUT2D eigenvalue weighted by molar-refractivity contribution is 0.0385. The van der Waals surface area contributed by atoms with Crippen molar-refractivity contribution in [1.29, 1.82) is 0 Å². The lowest BCUT2D eigenvalue weighted by Gasteiger charge is -2.17. The van der Waals surface area contributed by atoms with Crippen LogP contribution in [0.2, 0.25) is 0 Å². The first-order valence-electron chi connectivity index (χ1n) is 9.34. The predicted molar refractivity (Wildman–Crippen MR) is 112 cm³/mol. The Morgan fingerprint density at radius 2 is 1.76 bits per heavy atom. The third kappa shape index (κ3) is 4.45. The third-order valence-corrected chi connectivity index (χ3v) is 4.50. The third-order valence-electron chi connectivity index (χ3n) is 4.50. The number of nitrogens with one attached hydrogen (secondary N) is 1.